The minimum absolute atomic E-state index is 0.0357. The number of ether oxygens (including phenoxy) is 3. The number of benzene rings is 1. The second-order valence-corrected chi connectivity index (χ2v) is 11.1. The van der Waals surface area contributed by atoms with Gasteiger partial charge in [0.1, 0.15) is 30.0 Å². The average molecular weight is 578 g/mol. The second-order valence-electron chi connectivity index (χ2n) is 11.1. The molecule has 41 heavy (non-hydrogen) atoms. The number of carbonyl (C=O) groups is 1. The molecule has 0 radical (unpaired) electrons. The Morgan fingerprint density at radius 1 is 1.29 bits per heavy atom. The van der Waals surface area contributed by atoms with Crippen LogP contribution >= 0.6 is 0 Å². The maximum Gasteiger partial charge on any atom is 0.325 e. The molecule has 0 saturated carbocycles. The number of fused-ring (bicyclic) bond motifs is 1. The van der Waals surface area contributed by atoms with Gasteiger partial charge in [0.25, 0.3) is 5.92 Å². The predicted molar refractivity (Wildman–Crippen MR) is 146 cm³/mol. The first-order chi connectivity index (χ1) is 19.7. The number of carboxylic acids is 1. The molecule has 0 aliphatic carbocycles. The molecule has 0 amide bonds. The quantitative estimate of drug-likeness (QED) is 0.347. The highest BCUT2D eigenvalue weighted by Gasteiger charge is 2.40. The van der Waals surface area contributed by atoms with Crippen molar-refractivity contribution >= 4 is 11.8 Å². The van der Waals surface area contributed by atoms with Crippen LogP contribution in [-0.2, 0) is 27.1 Å². The Balaban J connectivity index is 1.15. The number of aryl methyl sites for hydroxylation is 1. The van der Waals surface area contributed by atoms with Crippen molar-refractivity contribution in [3.63, 3.8) is 0 Å². The van der Waals surface area contributed by atoms with E-state index in [4.69, 9.17) is 19.2 Å². The minimum Gasteiger partial charge on any atom is -0.496 e. The Morgan fingerprint density at radius 3 is 2.90 bits per heavy atom. The molecule has 5 rings (SSSR count). The minimum atomic E-state index is -2.91. The van der Waals surface area contributed by atoms with E-state index < -0.39 is 36.5 Å². The van der Waals surface area contributed by atoms with Crippen molar-refractivity contribution in [2.45, 2.75) is 75.5 Å². The van der Waals surface area contributed by atoms with E-state index in [1.165, 1.54) is 18.2 Å². The van der Waals surface area contributed by atoms with Crippen molar-refractivity contribution in [2.24, 2.45) is 0 Å². The number of hydrogen-bond donors (Lipinski definition) is 2. The van der Waals surface area contributed by atoms with Crippen LogP contribution in [0.1, 0.15) is 73.1 Å². The molecular formula is C30H38F3N3O5. The van der Waals surface area contributed by atoms with Gasteiger partial charge in [-0.3, -0.25) is 9.69 Å². The normalized spacial score (nSPS) is 23.0. The predicted octanol–water partition coefficient (Wildman–Crippen LogP) is 5.31. The summed E-state index contributed by atoms with van der Waals surface area (Å²) >= 11 is 0. The van der Waals surface area contributed by atoms with Gasteiger partial charge in [-0.25, -0.2) is 18.2 Å². The highest BCUT2D eigenvalue weighted by Crippen LogP contribution is 2.40. The van der Waals surface area contributed by atoms with Crippen LogP contribution in [0.5, 0.6) is 5.75 Å². The fraction of sp³-hybridized carbons (Fsp3) is 0.600. The number of aromatic nitrogens is 1. The summed E-state index contributed by atoms with van der Waals surface area (Å²) in [6, 6.07) is 4.76. The van der Waals surface area contributed by atoms with E-state index in [1.807, 2.05) is 6.07 Å². The maximum absolute atomic E-state index is 14.3. The van der Waals surface area contributed by atoms with Crippen molar-refractivity contribution in [1.29, 1.82) is 0 Å². The molecule has 3 aliphatic rings. The van der Waals surface area contributed by atoms with Crippen LogP contribution < -0.4 is 10.1 Å². The van der Waals surface area contributed by atoms with Crippen molar-refractivity contribution in [2.75, 3.05) is 45.3 Å². The molecule has 1 aromatic heterocycles. The van der Waals surface area contributed by atoms with Crippen molar-refractivity contribution < 1.29 is 37.3 Å². The van der Waals surface area contributed by atoms with Crippen LogP contribution in [0.3, 0.4) is 0 Å². The SMILES string of the molecule is COc1cc(CCCCO[C@@H]2CCN([C@@H](C(=O)O)c3cc(F)ccc3C3CCC(F)(F)CO3)C2)nc2c1CCCN2. The Morgan fingerprint density at radius 2 is 2.15 bits per heavy atom. The van der Waals surface area contributed by atoms with Gasteiger partial charge < -0.3 is 24.6 Å². The average Bonchev–Trinajstić information content (AvgIpc) is 3.41. The van der Waals surface area contributed by atoms with Gasteiger partial charge >= 0.3 is 5.97 Å². The first-order valence-electron chi connectivity index (χ1n) is 14.4. The first kappa shape index (κ1) is 29.6. The zero-order valence-electron chi connectivity index (χ0n) is 23.3. The van der Waals surface area contributed by atoms with Crippen LogP contribution in [0.25, 0.3) is 0 Å². The van der Waals surface area contributed by atoms with Crippen molar-refractivity contribution in [3.05, 3.63) is 52.5 Å². The number of alkyl halides is 2. The lowest BCUT2D eigenvalue weighted by Gasteiger charge is -2.32. The molecule has 2 saturated heterocycles. The van der Waals surface area contributed by atoms with Gasteiger partial charge in [-0.1, -0.05) is 6.07 Å². The Labute approximate surface area is 238 Å². The van der Waals surface area contributed by atoms with Gasteiger partial charge in [-0.2, -0.15) is 0 Å². The van der Waals surface area contributed by atoms with Crippen molar-refractivity contribution in [3.8, 4) is 5.75 Å². The van der Waals surface area contributed by atoms with E-state index >= 15 is 0 Å². The Hall–Kier alpha value is -2.89. The van der Waals surface area contributed by atoms with E-state index in [9.17, 15) is 23.1 Å². The Kier molecular flexibility index (Phi) is 9.35. The van der Waals surface area contributed by atoms with Gasteiger partial charge in [-0.15, -0.1) is 0 Å². The van der Waals surface area contributed by atoms with E-state index in [0.717, 1.165) is 61.5 Å². The lowest BCUT2D eigenvalue weighted by molar-refractivity contribution is -0.147. The van der Waals surface area contributed by atoms with Gasteiger partial charge in [0.05, 0.1) is 19.3 Å². The maximum atomic E-state index is 14.3. The first-order valence-corrected chi connectivity index (χ1v) is 14.4. The van der Waals surface area contributed by atoms with Gasteiger partial charge in [-0.05, 0) is 68.2 Å². The summed E-state index contributed by atoms with van der Waals surface area (Å²) in [6.45, 7) is 1.55. The number of aliphatic carboxylic acids is 1. The fourth-order valence-electron chi connectivity index (χ4n) is 6.08. The third kappa shape index (κ3) is 7.13. The lowest BCUT2D eigenvalue weighted by atomic mass is 9.91. The van der Waals surface area contributed by atoms with Crippen LogP contribution in [-0.4, -0.2) is 72.9 Å². The molecule has 1 unspecified atom stereocenters. The van der Waals surface area contributed by atoms with Crippen LogP contribution in [0.15, 0.2) is 24.3 Å². The third-order valence-electron chi connectivity index (χ3n) is 8.17. The number of rotatable bonds is 11. The number of methoxy groups -OCH3 is 1. The molecule has 224 valence electrons. The Bertz CT molecular complexity index is 1200. The summed E-state index contributed by atoms with van der Waals surface area (Å²) < 4.78 is 58.7. The number of hydrogen-bond acceptors (Lipinski definition) is 7. The summed E-state index contributed by atoms with van der Waals surface area (Å²) in [6.07, 6.45) is 4.00. The van der Waals surface area contributed by atoms with Gasteiger partial charge in [0.15, 0.2) is 0 Å². The molecule has 2 N–H and O–H groups in total. The van der Waals surface area contributed by atoms with E-state index in [2.05, 4.69) is 5.32 Å². The molecule has 3 aliphatic heterocycles. The fourth-order valence-corrected chi connectivity index (χ4v) is 6.08. The number of unbranched alkanes of at least 4 members (excludes halogenated alkanes) is 1. The lowest BCUT2D eigenvalue weighted by Crippen LogP contribution is -2.36. The van der Waals surface area contributed by atoms with E-state index in [-0.39, 0.29) is 24.5 Å². The number of halogens is 3. The van der Waals surface area contributed by atoms with Crippen LogP contribution in [0, 0.1) is 5.82 Å². The highest BCUT2D eigenvalue weighted by molar-refractivity contribution is 5.76. The summed E-state index contributed by atoms with van der Waals surface area (Å²) in [5.74, 6) is -2.83. The van der Waals surface area contributed by atoms with Crippen LogP contribution in [0.4, 0.5) is 19.0 Å². The topological polar surface area (TPSA) is 93.2 Å². The van der Waals surface area contributed by atoms with Crippen molar-refractivity contribution in [1.82, 2.24) is 9.88 Å². The summed E-state index contributed by atoms with van der Waals surface area (Å²) in [4.78, 5) is 18.9. The largest absolute Gasteiger partial charge is 0.496 e. The number of nitrogens with zero attached hydrogens (tertiary/aromatic N) is 2. The number of nitrogens with one attached hydrogen (secondary N) is 1. The third-order valence-corrected chi connectivity index (χ3v) is 8.17. The molecular weight excluding hydrogens is 539 g/mol. The summed E-state index contributed by atoms with van der Waals surface area (Å²) in [5, 5.41) is 13.5. The number of carboxylic acid groups (broad SMARTS) is 1. The molecule has 11 heteroatoms. The van der Waals surface area contributed by atoms with E-state index in [1.54, 1.807) is 12.0 Å². The number of pyridine rings is 1. The molecule has 0 spiro atoms. The monoisotopic (exact) mass is 577 g/mol. The molecule has 8 nitrogen and oxygen atoms in total. The van der Waals surface area contributed by atoms with Gasteiger partial charge in [0.2, 0.25) is 0 Å². The summed E-state index contributed by atoms with van der Waals surface area (Å²) in [7, 11) is 1.68. The molecule has 3 atom stereocenters. The molecule has 1 aromatic carbocycles. The standard InChI is InChI=1S/C30H38F3N3O5/c1-39-26-16-20(35-28-23(26)6-4-12-34-28)5-2-3-14-40-21-10-13-36(17-21)27(29(37)38)24-15-19(31)7-8-22(24)25-9-11-30(32,33)18-41-25/h7-8,15-16,21,25,27H,2-6,9-14,17-18H2,1H3,(H,34,35)(H,37,38)/t21-,25?,27-/m1/s1. The molecule has 2 fully saturated rings. The van der Waals surface area contributed by atoms with Gasteiger partial charge in [0, 0.05) is 50.0 Å². The summed E-state index contributed by atoms with van der Waals surface area (Å²) in [5.41, 5.74) is 2.80. The smallest absolute Gasteiger partial charge is 0.325 e. The number of anilines is 1. The molecule has 2 aromatic rings. The highest BCUT2D eigenvalue weighted by atomic mass is 19.3. The zero-order chi connectivity index (χ0) is 29.0. The van der Waals surface area contributed by atoms with Crippen LogP contribution in [0.2, 0.25) is 0 Å². The molecule has 4 heterocycles. The number of likely N-dealkylation sites (tertiary alicyclic amines) is 1. The van der Waals surface area contributed by atoms with E-state index in [0.29, 0.717) is 31.7 Å². The zero-order valence-corrected chi connectivity index (χ0v) is 23.3. The second kappa shape index (κ2) is 13.0. The molecule has 0 bridgehead atoms.